The number of hydrogen-bond acceptors (Lipinski definition) is 3. The van der Waals surface area contributed by atoms with Crippen molar-refractivity contribution in [3.8, 4) is 0 Å². The molecule has 0 aliphatic heterocycles. The second kappa shape index (κ2) is 6.71. The van der Waals surface area contributed by atoms with Crippen molar-refractivity contribution in [2.45, 2.75) is 53.5 Å². The van der Waals surface area contributed by atoms with Gasteiger partial charge in [-0.3, -0.25) is 0 Å². The van der Waals surface area contributed by atoms with Gasteiger partial charge < -0.3 is 5.73 Å². The molecule has 3 N–H and O–H groups in total. The third-order valence-electron chi connectivity index (χ3n) is 2.73. The lowest BCUT2D eigenvalue weighted by molar-refractivity contribution is 0.391. The van der Waals surface area contributed by atoms with Gasteiger partial charge in [-0.2, -0.15) is 0 Å². The van der Waals surface area contributed by atoms with E-state index in [1.807, 2.05) is 34.6 Å². The van der Waals surface area contributed by atoms with Crippen LogP contribution in [0.5, 0.6) is 0 Å². The van der Waals surface area contributed by atoms with Gasteiger partial charge in [-0.05, 0) is 30.7 Å². The van der Waals surface area contributed by atoms with Crippen molar-refractivity contribution in [2.75, 3.05) is 12.3 Å². The largest absolute Gasteiger partial charge is 0.330 e. The van der Waals surface area contributed by atoms with Gasteiger partial charge in [0.15, 0.2) is 0 Å². The maximum Gasteiger partial charge on any atom is 0.211 e. The second-order valence-corrected chi connectivity index (χ2v) is 8.05. The number of rotatable bonds is 7. The highest BCUT2D eigenvalue weighted by Gasteiger charge is 2.22. The highest BCUT2D eigenvalue weighted by molar-refractivity contribution is 7.89. The van der Waals surface area contributed by atoms with Crippen molar-refractivity contribution in [1.29, 1.82) is 0 Å². The maximum absolute atomic E-state index is 11.9. The van der Waals surface area contributed by atoms with E-state index < -0.39 is 10.0 Å². The van der Waals surface area contributed by atoms with E-state index in [1.165, 1.54) is 0 Å². The molecule has 0 aromatic carbocycles. The second-order valence-electron chi connectivity index (χ2n) is 6.18. The third kappa shape index (κ3) is 8.57. The van der Waals surface area contributed by atoms with Crippen LogP contribution in [0.4, 0.5) is 0 Å². The van der Waals surface area contributed by atoms with Crippen molar-refractivity contribution in [3.63, 3.8) is 0 Å². The molecule has 0 fully saturated rings. The molecule has 4 nitrogen and oxygen atoms in total. The van der Waals surface area contributed by atoms with Crippen molar-refractivity contribution in [3.05, 3.63) is 0 Å². The molecule has 104 valence electrons. The molecule has 0 aromatic rings. The summed E-state index contributed by atoms with van der Waals surface area (Å²) in [5.74, 6) is 0.451. The predicted molar refractivity (Wildman–Crippen MR) is 73.3 cm³/mol. The monoisotopic (exact) mass is 264 g/mol. The van der Waals surface area contributed by atoms with Crippen molar-refractivity contribution in [2.24, 2.45) is 17.1 Å². The molecule has 1 unspecified atom stereocenters. The van der Waals surface area contributed by atoms with Gasteiger partial charge in [0, 0.05) is 6.04 Å². The minimum atomic E-state index is -3.19. The van der Waals surface area contributed by atoms with Crippen LogP contribution in [0.25, 0.3) is 0 Å². The first kappa shape index (κ1) is 16.9. The molecule has 0 radical (unpaired) electrons. The lowest BCUT2D eigenvalue weighted by atomic mass is 9.94. The van der Waals surface area contributed by atoms with Crippen LogP contribution in [0.2, 0.25) is 0 Å². The molecule has 0 saturated carbocycles. The van der Waals surface area contributed by atoms with Gasteiger partial charge in [-0.1, -0.05) is 34.6 Å². The number of nitrogens with one attached hydrogen (secondary N) is 1. The van der Waals surface area contributed by atoms with E-state index in [-0.39, 0.29) is 23.1 Å². The number of hydrogen-bond donors (Lipinski definition) is 2. The first-order valence-electron chi connectivity index (χ1n) is 6.27. The normalized spacial score (nSPS) is 15.2. The average Bonchev–Trinajstić information content (AvgIpc) is 2.13. The van der Waals surface area contributed by atoms with E-state index in [1.54, 1.807) is 0 Å². The van der Waals surface area contributed by atoms with Crippen LogP contribution in [0.1, 0.15) is 47.5 Å². The molecule has 0 amide bonds. The van der Waals surface area contributed by atoms with Crippen molar-refractivity contribution in [1.82, 2.24) is 4.72 Å². The van der Waals surface area contributed by atoms with Gasteiger partial charge in [0.25, 0.3) is 0 Å². The van der Waals surface area contributed by atoms with Crippen molar-refractivity contribution < 1.29 is 8.42 Å². The Kier molecular flexibility index (Phi) is 6.66. The Labute approximate surface area is 106 Å². The molecule has 0 aliphatic carbocycles. The molecule has 0 bridgehead atoms. The lowest BCUT2D eigenvalue weighted by Gasteiger charge is -2.23. The highest BCUT2D eigenvalue weighted by atomic mass is 32.2. The van der Waals surface area contributed by atoms with Gasteiger partial charge in [0.1, 0.15) is 0 Å². The van der Waals surface area contributed by atoms with Crippen LogP contribution >= 0.6 is 0 Å². The molecule has 1 atom stereocenters. The molecular formula is C12H28N2O2S. The minimum absolute atomic E-state index is 0.0376. The quantitative estimate of drug-likeness (QED) is 0.735. The average molecular weight is 264 g/mol. The van der Waals surface area contributed by atoms with E-state index in [2.05, 4.69) is 4.72 Å². The standard InChI is InChI=1S/C12H28N2O2S/c1-10(2)11(6-8-13)14-17(15,16)9-7-12(3,4)5/h10-11,14H,6-9,13H2,1-5H3. The van der Waals surface area contributed by atoms with Crippen LogP contribution in [0.3, 0.4) is 0 Å². The predicted octanol–water partition coefficient (Wildman–Crippen LogP) is 1.72. The van der Waals surface area contributed by atoms with Gasteiger partial charge >= 0.3 is 0 Å². The van der Waals surface area contributed by atoms with E-state index in [0.717, 1.165) is 0 Å². The van der Waals surface area contributed by atoms with E-state index in [4.69, 9.17) is 5.73 Å². The molecule has 0 aromatic heterocycles. The molecular weight excluding hydrogens is 236 g/mol. The lowest BCUT2D eigenvalue weighted by Crippen LogP contribution is -2.41. The molecule has 0 saturated heterocycles. The molecule has 17 heavy (non-hydrogen) atoms. The summed E-state index contributed by atoms with van der Waals surface area (Å²) in [5, 5.41) is 0. The molecule has 0 aliphatic rings. The fourth-order valence-electron chi connectivity index (χ4n) is 1.44. The Morgan fingerprint density at radius 3 is 2.12 bits per heavy atom. The number of sulfonamides is 1. The smallest absolute Gasteiger partial charge is 0.211 e. The minimum Gasteiger partial charge on any atom is -0.330 e. The highest BCUT2D eigenvalue weighted by Crippen LogP contribution is 2.19. The van der Waals surface area contributed by atoms with Crippen LogP contribution in [0.15, 0.2) is 0 Å². The summed E-state index contributed by atoms with van der Waals surface area (Å²) < 4.78 is 26.6. The fraction of sp³-hybridized carbons (Fsp3) is 1.00. The van der Waals surface area contributed by atoms with Gasteiger partial charge in [0.2, 0.25) is 10.0 Å². The summed E-state index contributed by atoms with van der Waals surface area (Å²) in [4.78, 5) is 0. The zero-order valence-corrected chi connectivity index (χ0v) is 12.6. The summed E-state index contributed by atoms with van der Waals surface area (Å²) >= 11 is 0. The van der Waals surface area contributed by atoms with E-state index in [9.17, 15) is 8.42 Å². The van der Waals surface area contributed by atoms with E-state index >= 15 is 0 Å². The third-order valence-corrected chi connectivity index (χ3v) is 4.14. The zero-order valence-electron chi connectivity index (χ0n) is 11.8. The van der Waals surface area contributed by atoms with Gasteiger partial charge in [0.05, 0.1) is 5.75 Å². The van der Waals surface area contributed by atoms with E-state index in [0.29, 0.717) is 19.4 Å². The van der Waals surface area contributed by atoms with Gasteiger partial charge in [-0.15, -0.1) is 0 Å². The Bertz CT molecular complexity index is 305. The first-order valence-corrected chi connectivity index (χ1v) is 7.93. The Morgan fingerprint density at radius 2 is 1.76 bits per heavy atom. The van der Waals surface area contributed by atoms with Crippen LogP contribution in [-0.4, -0.2) is 26.8 Å². The summed E-state index contributed by atoms with van der Waals surface area (Å²) in [5.41, 5.74) is 5.53. The Balaban J connectivity index is 4.41. The SMILES string of the molecule is CC(C)C(CCN)NS(=O)(=O)CCC(C)(C)C. The topological polar surface area (TPSA) is 72.2 Å². The van der Waals surface area contributed by atoms with Gasteiger partial charge in [-0.25, -0.2) is 13.1 Å². The zero-order chi connectivity index (χ0) is 13.7. The summed E-state index contributed by atoms with van der Waals surface area (Å²) in [6, 6.07) is -0.0510. The van der Waals surface area contributed by atoms with Crippen LogP contribution in [0, 0.1) is 11.3 Å². The van der Waals surface area contributed by atoms with Crippen LogP contribution < -0.4 is 10.5 Å². The fourth-order valence-corrected chi connectivity index (χ4v) is 3.29. The molecule has 5 heteroatoms. The Morgan fingerprint density at radius 1 is 1.24 bits per heavy atom. The number of nitrogens with two attached hydrogens (primary N) is 1. The first-order chi connectivity index (χ1) is 7.57. The summed E-state index contributed by atoms with van der Waals surface area (Å²) in [6.45, 7) is 10.6. The molecule has 0 heterocycles. The summed E-state index contributed by atoms with van der Waals surface area (Å²) in [6.07, 6.45) is 1.35. The Hall–Kier alpha value is -0.130. The maximum atomic E-state index is 11.9. The molecule has 0 spiro atoms. The van der Waals surface area contributed by atoms with Crippen LogP contribution in [-0.2, 0) is 10.0 Å². The molecule has 0 rings (SSSR count). The van der Waals surface area contributed by atoms with Crippen molar-refractivity contribution >= 4 is 10.0 Å². The summed E-state index contributed by atoms with van der Waals surface area (Å²) in [7, 11) is -3.19.